The Morgan fingerprint density at radius 1 is 1.00 bits per heavy atom. The van der Waals surface area contributed by atoms with E-state index >= 15 is 0 Å². The quantitative estimate of drug-likeness (QED) is 0.308. The minimum absolute atomic E-state index is 0.325. The van der Waals surface area contributed by atoms with Crippen LogP contribution in [-0.2, 0) is 23.8 Å². The predicted molar refractivity (Wildman–Crippen MR) is 107 cm³/mol. The number of rotatable bonds is 5. The van der Waals surface area contributed by atoms with E-state index in [0.717, 1.165) is 19.8 Å². The minimum Gasteiger partial charge on any atom is -0.466 e. The Kier molecular flexibility index (Phi) is 6.09. The molecule has 2 aromatic rings. The summed E-state index contributed by atoms with van der Waals surface area (Å²) >= 11 is 5.96. The normalized spacial score (nSPS) is 22.3. The molecule has 0 radical (unpaired) electrons. The summed E-state index contributed by atoms with van der Waals surface area (Å²) in [5, 5.41) is 12.6. The Bertz CT molecular complexity index is 942. The Labute approximate surface area is 177 Å². The van der Waals surface area contributed by atoms with Crippen LogP contribution in [0.2, 0.25) is 5.02 Å². The first-order chi connectivity index (χ1) is 14.3. The van der Waals surface area contributed by atoms with E-state index in [4.69, 9.17) is 25.8 Å². The van der Waals surface area contributed by atoms with E-state index in [0.29, 0.717) is 16.1 Å². The summed E-state index contributed by atoms with van der Waals surface area (Å²) < 4.78 is 15.6. The van der Waals surface area contributed by atoms with Gasteiger partial charge in [0.25, 0.3) is 11.6 Å². The number of halogens is 1. The molecule has 3 atom stereocenters. The van der Waals surface area contributed by atoms with Crippen LogP contribution in [0.25, 0.3) is 0 Å². The monoisotopic (exact) mass is 433 g/mol. The molecule has 0 aromatic heterocycles. The van der Waals surface area contributed by atoms with Crippen molar-refractivity contribution in [3.8, 4) is 0 Å². The minimum atomic E-state index is -2.36. The van der Waals surface area contributed by atoms with E-state index in [1.807, 2.05) is 6.92 Å². The molecule has 1 saturated heterocycles. The van der Waals surface area contributed by atoms with Gasteiger partial charge in [-0.15, -0.1) is 0 Å². The molecule has 8 nitrogen and oxygen atoms in total. The summed E-state index contributed by atoms with van der Waals surface area (Å²) in [7, 11) is 2.16. The zero-order valence-electron chi connectivity index (χ0n) is 16.5. The van der Waals surface area contributed by atoms with Crippen LogP contribution in [0.5, 0.6) is 0 Å². The second-order valence-corrected chi connectivity index (χ2v) is 7.41. The van der Waals surface area contributed by atoms with Gasteiger partial charge in [-0.1, -0.05) is 53.6 Å². The second-order valence-electron chi connectivity index (χ2n) is 6.97. The van der Waals surface area contributed by atoms with E-state index in [1.54, 1.807) is 24.3 Å². The third kappa shape index (κ3) is 3.53. The third-order valence-corrected chi connectivity index (χ3v) is 5.51. The highest BCUT2D eigenvalue weighted by Crippen LogP contribution is 2.52. The first-order valence-electron chi connectivity index (χ1n) is 9.06. The highest BCUT2D eigenvalue weighted by molar-refractivity contribution is 6.30. The van der Waals surface area contributed by atoms with Crippen molar-refractivity contribution < 1.29 is 28.7 Å². The maximum Gasteiger partial charge on any atom is 0.351 e. The lowest BCUT2D eigenvalue weighted by atomic mass is 9.77. The molecule has 3 rings (SSSR count). The molecule has 0 spiro atoms. The maximum atomic E-state index is 12.9. The van der Waals surface area contributed by atoms with Crippen LogP contribution in [0.4, 0.5) is 0 Å². The SMILES string of the molecule is COC(=O)C1(C(=O)OC)O[C@H](c2ccc(C)cc2)[C@H]([N+](=O)[O-])[C@H]1c1ccc(Cl)cc1. The molecule has 1 fully saturated rings. The summed E-state index contributed by atoms with van der Waals surface area (Å²) in [6, 6.07) is 11.5. The topological polar surface area (TPSA) is 105 Å². The number of carbonyl (C=O) groups is 2. The summed E-state index contributed by atoms with van der Waals surface area (Å²) in [6.07, 6.45) is -1.19. The first kappa shape index (κ1) is 21.7. The van der Waals surface area contributed by atoms with Crippen molar-refractivity contribution >= 4 is 23.5 Å². The van der Waals surface area contributed by atoms with Crippen molar-refractivity contribution in [2.45, 2.75) is 30.6 Å². The molecule has 9 heteroatoms. The van der Waals surface area contributed by atoms with Gasteiger partial charge in [-0.25, -0.2) is 9.59 Å². The molecular formula is C21H20ClNO7. The van der Waals surface area contributed by atoms with Crippen LogP contribution in [0.15, 0.2) is 48.5 Å². The zero-order chi connectivity index (χ0) is 22.1. The van der Waals surface area contributed by atoms with Gasteiger partial charge in [0.05, 0.1) is 14.2 Å². The van der Waals surface area contributed by atoms with Gasteiger partial charge in [0.1, 0.15) is 5.92 Å². The van der Waals surface area contributed by atoms with Crippen molar-refractivity contribution in [1.82, 2.24) is 0 Å². The molecule has 30 heavy (non-hydrogen) atoms. The number of nitrogens with zero attached hydrogens (tertiary/aromatic N) is 1. The number of aryl methyl sites for hydroxylation is 1. The fourth-order valence-electron chi connectivity index (χ4n) is 3.85. The molecule has 1 heterocycles. The van der Waals surface area contributed by atoms with Crippen LogP contribution >= 0.6 is 11.6 Å². The Morgan fingerprint density at radius 3 is 1.97 bits per heavy atom. The summed E-state index contributed by atoms with van der Waals surface area (Å²) in [5.41, 5.74) is -0.636. The second kappa shape index (κ2) is 8.41. The number of methoxy groups -OCH3 is 2. The predicted octanol–water partition coefficient (Wildman–Crippen LogP) is 3.23. The van der Waals surface area contributed by atoms with Crippen molar-refractivity contribution in [1.29, 1.82) is 0 Å². The Balaban J connectivity index is 2.28. The molecule has 0 N–H and O–H groups in total. The van der Waals surface area contributed by atoms with Gasteiger partial charge in [-0.2, -0.15) is 0 Å². The highest BCUT2D eigenvalue weighted by Gasteiger charge is 2.71. The molecule has 1 aliphatic heterocycles. The van der Waals surface area contributed by atoms with Gasteiger partial charge >= 0.3 is 11.9 Å². The number of hydrogen-bond acceptors (Lipinski definition) is 7. The van der Waals surface area contributed by atoms with Crippen LogP contribution in [0.1, 0.15) is 28.7 Å². The van der Waals surface area contributed by atoms with E-state index in [1.165, 1.54) is 24.3 Å². The zero-order valence-corrected chi connectivity index (χ0v) is 17.3. The molecule has 0 bridgehead atoms. The highest BCUT2D eigenvalue weighted by atomic mass is 35.5. The van der Waals surface area contributed by atoms with Crippen LogP contribution in [0, 0.1) is 17.0 Å². The average Bonchev–Trinajstić information content (AvgIpc) is 3.11. The van der Waals surface area contributed by atoms with Gasteiger partial charge in [0.2, 0.25) is 0 Å². The first-order valence-corrected chi connectivity index (χ1v) is 9.44. The third-order valence-electron chi connectivity index (χ3n) is 5.26. The van der Waals surface area contributed by atoms with Crippen molar-refractivity contribution in [2.75, 3.05) is 14.2 Å². The standard InChI is InChI=1S/C21H20ClNO7/c1-12-4-6-14(7-5-12)18-17(23(26)27)16(13-8-10-15(22)11-9-13)21(30-18,19(24)28-2)20(25)29-3/h4-11,16-18H,1-3H3/t16-,17-,18-/m1/s1. The largest absolute Gasteiger partial charge is 0.466 e. The van der Waals surface area contributed by atoms with Gasteiger partial charge in [0.15, 0.2) is 6.10 Å². The van der Waals surface area contributed by atoms with Crippen molar-refractivity contribution in [3.63, 3.8) is 0 Å². The molecular weight excluding hydrogens is 414 g/mol. The lowest BCUT2D eigenvalue weighted by Gasteiger charge is -2.28. The van der Waals surface area contributed by atoms with Crippen LogP contribution in [0.3, 0.4) is 0 Å². The van der Waals surface area contributed by atoms with E-state index < -0.39 is 40.5 Å². The maximum absolute atomic E-state index is 12.9. The van der Waals surface area contributed by atoms with Crippen LogP contribution < -0.4 is 0 Å². The number of esters is 2. The van der Waals surface area contributed by atoms with Gasteiger partial charge in [-0.3, -0.25) is 10.1 Å². The Hall–Kier alpha value is -2.97. The van der Waals surface area contributed by atoms with Gasteiger partial charge in [0, 0.05) is 9.95 Å². The van der Waals surface area contributed by atoms with E-state index in [2.05, 4.69) is 0 Å². The number of nitro groups is 1. The van der Waals surface area contributed by atoms with Crippen LogP contribution in [-0.4, -0.2) is 42.7 Å². The van der Waals surface area contributed by atoms with E-state index in [9.17, 15) is 19.7 Å². The summed E-state index contributed by atoms with van der Waals surface area (Å²) in [6.45, 7) is 1.87. The fraction of sp³-hybridized carbons (Fsp3) is 0.333. The summed E-state index contributed by atoms with van der Waals surface area (Å²) in [5.74, 6) is -3.46. The lowest BCUT2D eigenvalue weighted by Crippen LogP contribution is -2.53. The molecule has 0 saturated carbocycles. The average molecular weight is 434 g/mol. The summed E-state index contributed by atoms with van der Waals surface area (Å²) in [4.78, 5) is 37.4. The number of hydrogen-bond donors (Lipinski definition) is 0. The smallest absolute Gasteiger partial charge is 0.351 e. The molecule has 1 aliphatic rings. The molecule has 2 aromatic carbocycles. The molecule has 158 valence electrons. The van der Waals surface area contributed by atoms with Crippen molar-refractivity contribution in [2.24, 2.45) is 0 Å². The number of carbonyl (C=O) groups excluding carboxylic acids is 2. The lowest BCUT2D eigenvalue weighted by molar-refractivity contribution is -0.531. The molecule has 0 aliphatic carbocycles. The number of benzene rings is 2. The van der Waals surface area contributed by atoms with Gasteiger partial charge in [-0.05, 0) is 30.2 Å². The Morgan fingerprint density at radius 2 is 1.50 bits per heavy atom. The molecule has 0 unspecified atom stereocenters. The van der Waals surface area contributed by atoms with Gasteiger partial charge < -0.3 is 14.2 Å². The fourth-order valence-corrected chi connectivity index (χ4v) is 3.98. The molecule has 0 amide bonds. The van der Waals surface area contributed by atoms with E-state index in [-0.39, 0.29) is 0 Å². The number of ether oxygens (including phenoxy) is 3. The van der Waals surface area contributed by atoms with Crippen molar-refractivity contribution in [3.05, 3.63) is 80.4 Å².